The molecule has 0 atom stereocenters. The van der Waals surface area contributed by atoms with Crippen molar-refractivity contribution < 1.29 is 4.42 Å². The van der Waals surface area contributed by atoms with Crippen LogP contribution in [0.2, 0.25) is 5.02 Å². The Bertz CT molecular complexity index is 1260. The number of rotatable bonds is 2. The summed E-state index contributed by atoms with van der Waals surface area (Å²) >= 11 is 13.4. The number of hydrogen-bond acceptors (Lipinski definition) is 4. The summed E-state index contributed by atoms with van der Waals surface area (Å²) < 4.78 is 8.74. The van der Waals surface area contributed by atoms with Gasteiger partial charge in [0.15, 0.2) is 5.82 Å². The van der Waals surface area contributed by atoms with Gasteiger partial charge in [0.2, 0.25) is 5.89 Å². The Morgan fingerprint density at radius 3 is 2.70 bits per heavy atom. The van der Waals surface area contributed by atoms with Crippen LogP contribution in [0, 0.1) is 13.8 Å². The molecular weight excluding hydrogens is 497 g/mol. The number of hydrogen-bond donors (Lipinski definition) is 0. The van der Waals surface area contributed by atoms with E-state index in [2.05, 4.69) is 41.8 Å². The molecule has 0 aliphatic rings. The highest BCUT2D eigenvalue weighted by Crippen LogP contribution is 2.36. The summed E-state index contributed by atoms with van der Waals surface area (Å²) in [5.74, 6) is 0.685. The van der Waals surface area contributed by atoms with Crippen molar-refractivity contribution in [3.63, 3.8) is 0 Å². The van der Waals surface area contributed by atoms with Crippen LogP contribution in [-0.4, -0.2) is 14.5 Å². The summed E-state index contributed by atoms with van der Waals surface area (Å²) in [5.41, 5.74) is 2.61. The zero-order chi connectivity index (χ0) is 19.3. The monoisotopic (exact) mass is 507 g/mol. The Morgan fingerprint density at radius 2 is 1.96 bits per heavy atom. The fourth-order valence-electron chi connectivity index (χ4n) is 3.00. The highest BCUT2D eigenvalue weighted by molar-refractivity contribution is 9.13. The predicted molar refractivity (Wildman–Crippen MR) is 113 cm³/mol. The van der Waals surface area contributed by atoms with Crippen LogP contribution in [0.1, 0.15) is 11.1 Å². The first-order valence-electron chi connectivity index (χ1n) is 7.97. The molecule has 0 saturated heterocycles. The molecule has 0 radical (unpaired) electrons. The molecule has 0 N–H and O–H groups in total. The average Bonchev–Trinajstić information content (AvgIpc) is 2.91. The van der Waals surface area contributed by atoms with Crippen LogP contribution in [-0.2, 0) is 0 Å². The van der Waals surface area contributed by atoms with Gasteiger partial charge >= 0.3 is 5.63 Å². The Morgan fingerprint density at radius 1 is 1.19 bits per heavy atom. The number of aromatic nitrogens is 3. The molecule has 5 nitrogen and oxygen atoms in total. The maximum Gasteiger partial charge on any atom is 0.347 e. The van der Waals surface area contributed by atoms with Crippen LogP contribution >= 0.6 is 43.5 Å². The number of aryl methyl sites for hydroxylation is 2. The van der Waals surface area contributed by atoms with Crippen molar-refractivity contribution in [3.05, 3.63) is 72.2 Å². The molecule has 0 unspecified atom stereocenters. The van der Waals surface area contributed by atoms with Crippen LogP contribution in [0.15, 0.2) is 54.8 Å². The number of fused-ring (bicyclic) bond motifs is 1. The standard InChI is InChI=1S/C19H12Br2ClN3O2/c1-9-6-10(2)15-11(7-9)19(26)27-18(24-15)14-8-12(20)16(21)25(14)17-13(22)4-3-5-23-17/h3-8H,1-2H3. The van der Waals surface area contributed by atoms with Crippen LogP contribution in [0.25, 0.3) is 28.3 Å². The second-order valence-electron chi connectivity index (χ2n) is 6.10. The zero-order valence-electron chi connectivity index (χ0n) is 14.3. The molecule has 8 heteroatoms. The van der Waals surface area contributed by atoms with Crippen LogP contribution < -0.4 is 5.63 Å². The first kappa shape index (κ1) is 18.4. The second kappa shape index (κ2) is 6.89. The van der Waals surface area contributed by atoms with E-state index in [1.807, 2.05) is 19.9 Å². The number of pyridine rings is 1. The first-order valence-corrected chi connectivity index (χ1v) is 9.93. The molecule has 136 valence electrons. The van der Waals surface area contributed by atoms with Gasteiger partial charge in [-0.05, 0) is 81.1 Å². The SMILES string of the molecule is Cc1cc(C)c2nc(-c3cc(Br)c(Br)n3-c3ncccc3Cl)oc(=O)c2c1. The quantitative estimate of drug-likeness (QED) is 0.341. The van der Waals surface area contributed by atoms with Crippen LogP contribution in [0.5, 0.6) is 0 Å². The van der Waals surface area contributed by atoms with Gasteiger partial charge in [-0.2, -0.15) is 0 Å². The third kappa shape index (κ3) is 3.13. The smallest absolute Gasteiger partial charge is 0.347 e. The number of halogens is 3. The van der Waals surface area contributed by atoms with E-state index in [1.54, 1.807) is 35.0 Å². The Kier molecular flexibility index (Phi) is 4.70. The average molecular weight is 510 g/mol. The summed E-state index contributed by atoms with van der Waals surface area (Å²) in [5, 5.41) is 0.917. The lowest BCUT2D eigenvalue weighted by atomic mass is 10.1. The minimum absolute atomic E-state index is 0.188. The second-order valence-corrected chi connectivity index (χ2v) is 8.11. The molecule has 1 aromatic carbocycles. The van der Waals surface area contributed by atoms with E-state index < -0.39 is 5.63 Å². The van der Waals surface area contributed by atoms with E-state index in [-0.39, 0.29) is 5.89 Å². The van der Waals surface area contributed by atoms with Gasteiger partial charge in [-0.15, -0.1) is 0 Å². The zero-order valence-corrected chi connectivity index (χ0v) is 18.2. The van der Waals surface area contributed by atoms with Crippen molar-refractivity contribution in [1.82, 2.24) is 14.5 Å². The largest absolute Gasteiger partial charge is 0.401 e. The third-order valence-corrected chi connectivity index (χ3v) is 6.35. The van der Waals surface area contributed by atoms with E-state index in [1.165, 1.54) is 0 Å². The van der Waals surface area contributed by atoms with E-state index in [0.29, 0.717) is 32.0 Å². The summed E-state index contributed by atoms with van der Waals surface area (Å²) in [4.78, 5) is 21.6. The Hall–Kier alpha value is -1.96. The first-order chi connectivity index (χ1) is 12.9. The number of nitrogens with zero attached hydrogens (tertiary/aromatic N) is 3. The molecule has 3 aromatic heterocycles. The maximum atomic E-state index is 12.6. The summed E-state index contributed by atoms with van der Waals surface area (Å²) in [6.07, 6.45) is 1.64. The molecule has 0 spiro atoms. The summed E-state index contributed by atoms with van der Waals surface area (Å²) in [6.45, 7) is 3.86. The van der Waals surface area contributed by atoms with Crippen molar-refractivity contribution in [1.29, 1.82) is 0 Å². The normalized spacial score (nSPS) is 11.3. The van der Waals surface area contributed by atoms with Crippen molar-refractivity contribution in [2.75, 3.05) is 0 Å². The van der Waals surface area contributed by atoms with Gasteiger partial charge < -0.3 is 4.42 Å². The summed E-state index contributed by atoms with van der Waals surface area (Å²) in [6, 6.07) is 9.06. The lowest BCUT2D eigenvalue weighted by Crippen LogP contribution is -2.07. The molecule has 4 aromatic rings. The fraction of sp³-hybridized carbons (Fsp3) is 0.105. The minimum Gasteiger partial charge on any atom is -0.401 e. The minimum atomic E-state index is -0.436. The Labute approximate surface area is 176 Å². The maximum absolute atomic E-state index is 12.6. The van der Waals surface area contributed by atoms with Crippen molar-refractivity contribution in [2.24, 2.45) is 0 Å². The van der Waals surface area contributed by atoms with Crippen molar-refractivity contribution in [2.45, 2.75) is 13.8 Å². The molecule has 0 aliphatic carbocycles. The predicted octanol–water partition coefficient (Wildman–Crippen LogP) is 5.84. The molecule has 0 aliphatic heterocycles. The van der Waals surface area contributed by atoms with Gasteiger partial charge in [0.05, 0.1) is 20.4 Å². The molecular formula is C19H12Br2ClN3O2. The molecule has 4 rings (SSSR count). The molecule has 0 fully saturated rings. The molecule has 3 heterocycles. The molecule has 27 heavy (non-hydrogen) atoms. The lowest BCUT2D eigenvalue weighted by molar-refractivity contribution is 0.514. The van der Waals surface area contributed by atoms with E-state index in [4.69, 9.17) is 16.0 Å². The molecule has 0 amide bonds. The van der Waals surface area contributed by atoms with Crippen LogP contribution in [0.4, 0.5) is 0 Å². The van der Waals surface area contributed by atoms with Gasteiger partial charge in [-0.3, -0.25) is 4.57 Å². The van der Waals surface area contributed by atoms with Gasteiger partial charge in [0, 0.05) is 6.20 Å². The topological polar surface area (TPSA) is 60.9 Å². The van der Waals surface area contributed by atoms with Crippen molar-refractivity contribution >= 4 is 54.4 Å². The number of benzene rings is 1. The van der Waals surface area contributed by atoms with E-state index >= 15 is 0 Å². The molecule has 0 bridgehead atoms. The van der Waals surface area contributed by atoms with Crippen LogP contribution in [0.3, 0.4) is 0 Å². The van der Waals surface area contributed by atoms with E-state index in [0.717, 1.165) is 15.6 Å². The third-order valence-electron chi connectivity index (χ3n) is 4.14. The summed E-state index contributed by atoms with van der Waals surface area (Å²) in [7, 11) is 0. The Balaban J connectivity index is 2.05. The van der Waals surface area contributed by atoms with Crippen molar-refractivity contribution in [3.8, 4) is 17.4 Å². The van der Waals surface area contributed by atoms with Gasteiger partial charge in [0.1, 0.15) is 10.3 Å². The fourth-order valence-corrected chi connectivity index (χ4v) is 4.08. The lowest BCUT2D eigenvalue weighted by Gasteiger charge is -2.11. The molecule has 0 saturated carbocycles. The van der Waals surface area contributed by atoms with Gasteiger partial charge in [-0.25, -0.2) is 14.8 Å². The van der Waals surface area contributed by atoms with Gasteiger partial charge in [0.25, 0.3) is 0 Å². The van der Waals surface area contributed by atoms with Gasteiger partial charge in [-0.1, -0.05) is 17.7 Å². The highest BCUT2D eigenvalue weighted by Gasteiger charge is 2.21. The van der Waals surface area contributed by atoms with E-state index in [9.17, 15) is 4.79 Å². The highest BCUT2D eigenvalue weighted by atomic mass is 79.9.